The fourth-order valence-electron chi connectivity index (χ4n) is 2.64. The molecule has 1 heterocycles. The Labute approximate surface area is 120 Å². The second-order valence-electron chi connectivity index (χ2n) is 6.49. The van der Waals surface area contributed by atoms with Crippen LogP contribution in [0.3, 0.4) is 0 Å². The minimum atomic E-state index is -0.923. The predicted octanol–water partition coefficient (Wildman–Crippen LogP) is 1.83. The smallest absolute Gasteiger partial charge is 0.410 e. The minimum absolute atomic E-state index is 0.223. The summed E-state index contributed by atoms with van der Waals surface area (Å²) in [6, 6.07) is -0.568. The van der Waals surface area contributed by atoms with Crippen molar-refractivity contribution >= 4 is 12.1 Å². The van der Waals surface area contributed by atoms with Gasteiger partial charge in [0.15, 0.2) is 0 Å². The van der Waals surface area contributed by atoms with E-state index in [1.807, 2.05) is 6.92 Å². The van der Waals surface area contributed by atoms with Gasteiger partial charge in [0.25, 0.3) is 0 Å². The number of aliphatic carboxylic acids is 1. The molecule has 1 rings (SSSR count). The molecule has 0 aromatic heterocycles. The van der Waals surface area contributed by atoms with Crippen molar-refractivity contribution in [3.8, 4) is 0 Å². The van der Waals surface area contributed by atoms with Crippen molar-refractivity contribution in [3.05, 3.63) is 0 Å². The highest BCUT2D eigenvalue weighted by atomic mass is 16.6. The summed E-state index contributed by atoms with van der Waals surface area (Å²) < 4.78 is 5.30. The molecular weight excluding hydrogens is 260 g/mol. The van der Waals surface area contributed by atoms with Crippen LogP contribution in [0.25, 0.3) is 0 Å². The SMILES string of the molecule is CCCC1(C(=O)O)CCN(C(=O)OC(C)(C)C)CC1N. The first-order chi connectivity index (χ1) is 9.12. The molecule has 1 aliphatic rings. The molecule has 1 aliphatic heterocycles. The van der Waals surface area contributed by atoms with Crippen LogP contribution in [0.4, 0.5) is 4.79 Å². The fraction of sp³-hybridized carbons (Fsp3) is 0.857. The van der Waals surface area contributed by atoms with Crippen LogP contribution in [0, 0.1) is 5.41 Å². The molecule has 0 aliphatic carbocycles. The summed E-state index contributed by atoms with van der Waals surface area (Å²) >= 11 is 0. The number of carbonyl (C=O) groups is 2. The number of nitrogens with two attached hydrogens (primary N) is 1. The molecule has 20 heavy (non-hydrogen) atoms. The number of nitrogens with zero attached hydrogens (tertiary/aromatic N) is 1. The summed E-state index contributed by atoms with van der Waals surface area (Å²) in [6.45, 7) is 7.93. The van der Waals surface area contributed by atoms with Gasteiger partial charge < -0.3 is 20.5 Å². The van der Waals surface area contributed by atoms with Crippen molar-refractivity contribution in [2.24, 2.45) is 11.1 Å². The van der Waals surface area contributed by atoms with Gasteiger partial charge in [-0.15, -0.1) is 0 Å². The molecule has 2 unspecified atom stereocenters. The van der Waals surface area contributed by atoms with Crippen LogP contribution >= 0.6 is 0 Å². The number of hydrogen-bond acceptors (Lipinski definition) is 4. The molecule has 1 fully saturated rings. The predicted molar refractivity (Wildman–Crippen MR) is 75.4 cm³/mol. The van der Waals surface area contributed by atoms with Crippen LogP contribution in [-0.2, 0) is 9.53 Å². The minimum Gasteiger partial charge on any atom is -0.481 e. The molecule has 2 atom stereocenters. The van der Waals surface area contributed by atoms with Crippen LogP contribution in [-0.4, -0.2) is 46.8 Å². The number of ether oxygens (including phenoxy) is 1. The molecule has 116 valence electrons. The van der Waals surface area contributed by atoms with Crippen molar-refractivity contribution in [1.29, 1.82) is 0 Å². The molecule has 6 nitrogen and oxygen atoms in total. The Bertz CT molecular complexity index is 378. The van der Waals surface area contributed by atoms with E-state index in [1.54, 1.807) is 20.8 Å². The molecule has 3 N–H and O–H groups in total. The van der Waals surface area contributed by atoms with Crippen molar-refractivity contribution in [2.45, 2.75) is 58.6 Å². The Morgan fingerprint density at radius 1 is 1.45 bits per heavy atom. The Balaban J connectivity index is 2.76. The second-order valence-corrected chi connectivity index (χ2v) is 6.49. The van der Waals surface area contributed by atoms with Gasteiger partial charge in [-0.25, -0.2) is 4.79 Å². The number of rotatable bonds is 3. The molecule has 0 aromatic rings. The van der Waals surface area contributed by atoms with E-state index in [0.29, 0.717) is 19.4 Å². The Hall–Kier alpha value is -1.30. The van der Waals surface area contributed by atoms with Crippen molar-refractivity contribution in [3.63, 3.8) is 0 Å². The van der Waals surface area contributed by atoms with Gasteiger partial charge in [0.2, 0.25) is 0 Å². The van der Waals surface area contributed by atoms with Gasteiger partial charge in [0.1, 0.15) is 5.60 Å². The lowest BCUT2D eigenvalue weighted by atomic mass is 9.72. The molecule has 6 heteroatoms. The first kappa shape index (κ1) is 16.8. The maximum Gasteiger partial charge on any atom is 0.410 e. The van der Waals surface area contributed by atoms with E-state index in [2.05, 4.69) is 0 Å². The monoisotopic (exact) mass is 286 g/mol. The first-order valence-corrected chi connectivity index (χ1v) is 7.09. The summed E-state index contributed by atoms with van der Waals surface area (Å²) in [5, 5.41) is 9.49. The first-order valence-electron chi connectivity index (χ1n) is 7.09. The van der Waals surface area contributed by atoms with Gasteiger partial charge in [-0.05, 0) is 33.6 Å². The van der Waals surface area contributed by atoms with Crippen LogP contribution < -0.4 is 5.73 Å². The molecule has 0 spiro atoms. The molecule has 0 bridgehead atoms. The highest BCUT2D eigenvalue weighted by Gasteiger charge is 2.48. The Morgan fingerprint density at radius 2 is 2.05 bits per heavy atom. The van der Waals surface area contributed by atoms with E-state index < -0.39 is 29.1 Å². The summed E-state index contributed by atoms with van der Waals surface area (Å²) in [5.41, 5.74) is 4.58. The van der Waals surface area contributed by atoms with E-state index in [9.17, 15) is 14.7 Å². The molecule has 0 radical (unpaired) electrons. The maximum absolute atomic E-state index is 12.0. The maximum atomic E-state index is 12.0. The van der Waals surface area contributed by atoms with E-state index in [0.717, 1.165) is 6.42 Å². The number of carboxylic acids is 1. The Kier molecular flexibility index (Phi) is 5.02. The van der Waals surface area contributed by atoms with Crippen LogP contribution in [0.1, 0.15) is 47.0 Å². The van der Waals surface area contributed by atoms with Gasteiger partial charge in [-0.2, -0.15) is 0 Å². The van der Waals surface area contributed by atoms with Crippen LogP contribution in [0.2, 0.25) is 0 Å². The van der Waals surface area contributed by atoms with Crippen molar-refractivity contribution < 1.29 is 19.4 Å². The number of carbonyl (C=O) groups excluding carboxylic acids is 1. The number of likely N-dealkylation sites (tertiary alicyclic amines) is 1. The fourth-order valence-corrected chi connectivity index (χ4v) is 2.64. The normalized spacial score (nSPS) is 27.2. The summed E-state index contributed by atoms with van der Waals surface area (Å²) in [7, 11) is 0. The molecule has 0 saturated carbocycles. The number of amides is 1. The summed E-state index contributed by atoms with van der Waals surface area (Å²) in [6.07, 6.45) is 1.23. The zero-order chi connectivity index (χ0) is 15.6. The van der Waals surface area contributed by atoms with Crippen molar-refractivity contribution in [1.82, 2.24) is 4.90 Å². The highest BCUT2D eigenvalue weighted by molar-refractivity contribution is 5.77. The lowest BCUT2D eigenvalue weighted by molar-refractivity contribution is -0.154. The third-order valence-electron chi connectivity index (χ3n) is 3.73. The van der Waals surface area contributed by atoms with E-state index in [1.165, 1.54) is 4.90 Å². The zero-order valence-electron chi connectivity index (χ0n) is 12.8. The zero-order valence-corrected chi connectivity index (χ0v) is 12.8. The van der Waals surface area contributed by atoms with E-state index >= 15 is 0 Å². The molecule has 1 saturated heterocycles. The lowest BCUT2D eigenvalue weighted by Crippen LogP contribution is -2.60. The third-order valence-corrected chi connectivity index (χ3v) is 3.73. The highest BCUT2D eigenvalue weighted by Crippen LogP contribution is 2.36. The average molecular weight is 286 g/mol. The van der Waals surface area contributed by atoms with Crippen molar-refractivity contribution in [2.75, 3.05) is 13.1 Å². The average Bonchev–Trinajstić information content (AvgIpc) is 2.29. The van der Waals surface area contributed by atoms with Gasteiger partial charge in [0.05, 0.1) is 5.41 Å². The summed E-state index contributed by atoms with van der Waals surface area (Å²) in [5.74, 6) is -0.865. The van der Waals surface area contributed by atoms with Crippen LogP contribution in [0.5, 0.6) is 0 Å². The third kappa shape index (κ3) is 3.62. The van der Waals surface area contributed by atoms with Gasteiger partial charge >= 0.3 is 12.1 Å². The molecule has 0 aromatic carbocycles. The van der Waals surface area contributed by atoms with E-state index in [4.69, 9.17) is 10.5 Å². The quantitative estimate of drug-likeness (QED) is 0.825. The largest absolute Gasteiger partial charge is 0.481 e. The van der Waals surface area contributed by atoms with Gasteiger partial charge in [-0.1, -0.05) is 13.3 Å². The van der Waals surface area contributed by atoms with Gasteiger partial charge in [0, 0.05) is 19.1 Å². The van der Waals surface area contributed by atoms with E-state index in [-0.39, 0.29) is 6.54 Å². The standard InChI is InChI=1S/C14H26N2O4/c1-5-6-14(11(17)18)7-8-16(9-10(14)15)12(19)20-13(2,3)4/h10H,5-9,15H2,1-4H3,(H,17,18). The van der Waals surface area contributed by atoms with Gasteiger partial charge in [-0.3, -0.25) is 4.79 Å². The molecular formula is C14H26N2O4. The topological polar surface area (TPSA) is 92.9 Å². The second kappa shape index (κ2) is 5.99. The number of carboxylic acid groups (broad SMARTS) is 1. The number of hydrogen-bond donors (Lipinski definition) is 2. The van der Waals surface area contributed by atoms with Crippen LogP contribution in [0.15, 0.2) is 0 Å². The molecule has 1 amide bonds. The Morgan fingerprint density at radius 3 is 2.45 bits per heavy atom. The summed E-state index contributed by atoms with van der Waals surface area (Å²) in [4.78, 5) is 25.1. The number of piperidine rings is 1. The lowest BCUT2D eigenvalue weighted by Gasteiger charge is -2.43.